The molecule has 0 unspecified atom stereocenters. The van der Waals surface area contributed by atoms with E-state index in [-0.39, 0.29) is 0 Å². The largest absolute Gasteiger partial charge is 0.247 e. The van der Waals surface area contributed by atoms with E-state index in [1.54, 1.807) is 24.3 Å². The average molecular weight is 260 g/mol. The fourth-order valence-corrected chi connectivity index (χ4v) is 2.36. The third-order valence-corrected chi connectivity index (χ3v) is 3.66. The first kappa shape index (κ1) is 12.7. The van der Waals surface area contributed by atoms with Crippen molar-refractivity contribution in [2.24, 2.45) is 0 Å². The first-order chi connectivity index (χ1) is 8.66. The van der Waals surface area contributed by atoms with Crippen LogP contribution in [0.25, 0.3) is 6.08 Å². The smallest absolute Gasteiger partial charge is 0.192 e. The molecule has 92 valence electrons. The topological polar surface area (TPSA) is 17.1 Å². The summed E-state index contributed by atoms with van der Waals surface area (Å²) in [5.74, 6) is 0. The maximum Gasteiger partial charge on any atom is 0.192 e. The minimum atomic E-state index is -1.74. The molecular weight excluding hydrogens is 247 g/mol. The molecule has 18 heavy (non-hydrogen) atoms. The summed E-state index contributed by atoms with van der Waals surface area (Å²) in [4.78, 5) is 0.477. The molecule has 0 spiro atoms. The highest BCUT2D eigenvalue weighted by molar-refractivity contribution is 7.89. The summed E-state index contributed by atoms with van der Waals surface area (Å²) in [6, 6.07) is 16.0. The van der Waals surface area contributed by atoms with Gasteiger partial charge >= 0.3 is 0 Å². The third kappa shape index (κ3) is 3.14. The molecule has 0 aliphatic rings. The van der Waals surface area contributed by atoms with Gasteiger partial charge in [-0.05, 0) is 30.7 Å². The SMILES string of the molecule is Cc1ccc([S@@](=O)/C(F)=C/c2ccccc2)cc1. The summed E-state index contributed by atoms with van der Waals surface area (Å²) in [5.41, 5.74) is 1.76. The maximum absolute atomic E-state index is 13.8. The van der Waals surface area contributed by atoms with E-state index in [2.05, 4.69) is 0 Å². The van der Waals surface area contributed by atoms with Crippen LogP contribution in [0.15, 0.2) is 64.7 Å². The van der Waals surface area contributed by atoms with Crippen molar-refractivity contribution in [3.05, 3.63) is 70.9 Å². The molecule has 3 heteroatoms. The van der Waals surface area contributed by atoms with Crippen molar-refractivity contribution in [3.8, 4) is 0 Å². The summed E-state index contributed by atoms with van der Waals surface area (Å²) in [6.07, 6.45) is 1.30. The van der Waals surface area contributed by atoms with Gasteiger partial charge < -0.3 is 0 Å². The Labute approximate surface area is 108 Å². The van der Waals surface area contributed by atoms with Gasteiger partial charge in [0.15, 0.2) is 5.16 Å². The molecule has 0 saturated heterocycles. The summed E-state index contributed by atoms with van der Waals surface area (Å²) >= 11 is 0. The second-order valence-corrected chi connectivity index (χ2v) is 5.34. The van der Waals surface area contributed by atoms with Gasteiger partial charge in [0, 0.05) is 4.90 Å². The summed E-state index contributed by atoms with van der Waals surface area (Å²) in [5, 5.41) is -0.634. The fourth-order valence-electron chi connectivity index (χ4n) is 1.51. The predicted octanol–water partition coefficient (Wildman–Crippen LogP) is 4.07. The quantitative estimate of drug-likeness (QED) is 0.813. The number of benzene rings is 2. The maximum atomic E-state index is 13.8. The van der Waals surface area contributed by atoms with Crippen molar-refractivity contribution >= 4 is 16.9 Å². The second-order valence-electron chi connectivity index (χ2n) is 3.94. The lowest BCUT2D eigenvalue weighted by atomic mass is 10.2. The average Bonchev–Trinajstić information content (AvgIpc) is 2.40. The molecule has 0 saturated carbocycles. The lowest BCUT2D eigenvalue weighted by molar-refractivity contribution is 0.653. The number of hydrogen-bond acceptors (Lipinski definition) is 1. The lowest BCUT2D eigenvalue weighted by Crippen LogP contribution is -1.91. The van der Waals surface area contributed by atoms with E-state index in [9.17, 15) is 8.60 Å². The van der Waals surface area contributed by atoms with Gasteiger partial charge in [0.2, 0.25) is 0 Å². The van der Waals surface area contributed by atoms with Crippen molar-refractivity contribution < 1.29 is 8.60 Å². The molecule has 1 nitrogen and oxygen atoms in total. The molecule has 2 aromatic rings. The number of halogens is 1. The Balaban J connectivity index is 2.24. The fraction of sp³-hybridized carbons (Fsp3) is 0.0667. The Kier molecular flexibility index (Phi) is 4.05. The first-order valence-corrected chi connectivity index (χ1v) is 6.72. The van der Waals surface area contributed by atoms with Crippen LogP contribution < -0.4 is 0 Å². The zero-order valence-corrected chi connectivity index (χ0v) is 10.8. The molecule has 0 aliphatic heterocycles. The standard InChI is InChI=1S/C15H13FOS/c1-12-7-9-14(10-8-12)18(17)15(16)11-13-5-3-2-4-6-13/h2-11H,1H3/b15-11+/t18-/m1/s1. The predicted molar refractivity (Wildman–Crippen MR) is 73.1 cm³/mol. The Morgan fingerprint density at radius 2 is 1.67 bits per heavy atom. The van der Waals surface area contributed by atoms with Crippen LogP contribution in [0.2, 0.25) is 0 Å². The zero-order valence-electron chi connectivity index (χ0n) is 9.97. The van der Waals surface area contributed by atoms with Crippen LogP contribution >= 0.6 is 0 Å². The number of hydrogen-bond donors (Lipinski definition) is 0. The van der Waals surface area contributed by atoms with E-state index in [0.29, 0.717) is 10.5 Å². The summed E-state index contributed by atoms with van der Waals surface area (Å²) in [6.45, 7) is 1.93. The molecule has 0 aromatic heterocycles. The summed E-state index contributed by atoms with van der Waals surface area (Å²) in [7, 11) is -1.74. The van der Waals surface area contributed by atoms with Crippen molar-refractivity contribution in [1.29, 1.82) is 0 Å². The van der Waals surface area contributed by atoms with Crippen LogP contribution in [0.4, 0.5) is 4.39 Å². The molecular formula is C15H13FOS. The van der Waals surface area contributed by atoms with Gasteiger partial charge in [0.1, 0.15) is 10.8 Å². The Morgan fingerprint density at radius 3 is 2.28 bits per heavy atom. The molecule has 0 fully saturated rings. The van der Waals surface area contributed by atoms with Gasteiger partial charge in [-0.1, -0.05) is 48.0 Å². The monoisotopic (exact) mass is 260 g/mol. The van der Waals surface area contributed by atoms with Gasteiger partial charge in [-0.25, -0.2) is 4.21 Å². The highest BCUT2D eigenvalue weighted by Crippen LogP contribution is 2.18. The van der Waals surface area contributed by atoms with Crippen molar-refractivity contribution in [3.63, 3.8) is 0 Å². The van der Waals surface area contributed by atoms with Crippen LogP contribution in [0.5, 0.6) is 0 Å². The van der Waals surface area contributed by atoms with Gasteiger partial charge in [-0.2, -0.15) is 4.39 Å². The van der Waals surface area contributed by atoms with Crippen molar-refractivity contribution in [1.82, 2.24) is 0 Å². The molecule has 0 amide bonds. The van der Waals surface area contributed by atoms with Gasteiger partial charge in [-0.3, -0.25) is 0 Å². The van der Waals surface area contributed by atoms with E-state index < -0.39 is 16.0 Å². The molecule has 0 radical (unpaired) electrons. The Bertz CT molecular complexity index is 573. The molecule has 0 aliphatic carbocycles. The van der Waals surface area contributed by atoms with E-state index >= 15 is 0 Å². The van der Waals surface area contributed by atoms with Gasteiger partial charge in [0.25, 0.3) is 0 Å². The first-order valence-electron chi connectivity index (χ1n) is 5.57. The molecule has 0 bridgehead atoms. The Hall–Kier alpha value is -1.74. The molecule has 0 heterocycles. The highest BCUT2D eigenvalue weighted by atomic mass is 32.2. The van der Waals surface area contributed by atoms with Crippen LogP contribution in [0.3, 0.4) is 0 Å². The van der Waals surface area contributed by atoms with E-state index in [4.69, 9.17) is 0 Å². The molecule has 1 atom stereocenters. The molecule has 0 N–H and O–H groups in total. The lowest BCUT2D eigenvalue weighted by Gasteiger charge is -2.00. The van der Waals surface area contributed by atoms with Crippen LogP contribution in [0, 0.1) is 6.92 Å². The van der Waals surface area contributed by atoms with Gasteiger partial charge in [0.05, 0.1) is 0 Å². The minimum absolute atomic E-state index is 0.477. The normalized spacial score (nSPS) is 13.3. The van der Waals surface area contributed by atoms with E-state index in [1.165, 1.54) is 6.08 Å². The second kappa shape index (κ2) is 5.74. The minimum Gasteiger partial charge on any atom is -0.247 e. The molecule has 2 aromatic carbocycles. The van der Waals surface area contributed by atoms with Crippen molar-refractivity contribution in [2.45, 2.75) is 11.8 Å². The van der Waals surface area contributed by atoms with Crippen LogP contribution in [-0.2, 0) is 10.8 Å². The highest BCUT2D eigenvalue weighted by Gasteiger charge is 2.09. The Morgan fingerprint density at radius 1 is 1.06 bits per heavy atom. The van der Waals surface area contributed by atoms with Crippen molar-refractivity contribution in [2.75, 3.05) is 0 Å². The van der Waals surface area contributed by atoms with Crippen LogP contribution in [-0.4, -0.2) is 4.21 Å². The van der Waals surface area contributed by atoms with Crippen LogP contribution in [0.1, 0.15) is 11.1 Å². The molecule has 2 rings (SSSR count). The van der Waals surface area contributed by atoms with Gasteiger partial charge in [-0.15, -0.1) is 0 Å². The number of aryl methyl sites for hydroxylation is 1. The van der Waals surface area contributed by atoms with E-state index in [0.717, 1.165) is 5.56 Å². The number of rotatable bonds is 3. The zero-order chi connectivity index (χ0) is 13.0. The third-order valence-electron chi connectivity index (χ3n) is 2.49. The summed E-state index contributed by atoms with van der Waals surface area (Å²) < 4.78 is 25.8. The van der Waals surface area contributed by atoms with E-state index in [1.807, 2.05) is 37.3 Å².